The lowest BCUT2D eigenvalue weighted by atomic mass is 9.97. The van der Waals surface area contributed by atoms with E-state index in [2.05, 4.69) is 10.6 Å². The van der Waals surface area contributed by atoms with Crippen molar-refractivity contribution < 1.29 is 14.7 Å². The molecule has 0 saturated heterocycles. The van der Waals surface area contributed by atoms with E-state index < -0.39 is 5.97 Å². The van der Waals surface area contributed by atoms with Gasteiger partial charge in [-0.25, -0.2) is 4.79 Å². The molecule has 0 aliphatic rings. The Morgan fingerprint density at radius 1 is 1.19 bits per heavy atom. The normalized spacial score (nSPS) is 11.9. The van der Waals surface area contributed by atoms with Crippen molar-refractivity contribution in [2.75, 3.05) is 13.1 Å². The highest BCUT2D eigenvalue weighted by Gasteiger charge is 2.09. The van der Waals surface area contributed by atoms with Crippen LogP contribution in [0.4, 0.5) is 4.79 Å². The number of carbonyl (C=O) groups is 2. The SMILES string of the molecule is CCNC(=O)NCCC(CC)CCC(=O)O. The van der Waals surface area contributed by atoms with Crippen LogP contribution in [0.15, 0.2) is 0 Å². The maximum Gasteiger partial charge on any atom is 0.314 e. The molecule has 3 N–H and O–H groups in total. The molecular formula is C11H22N2O3. The Morgan fingerprint density at radius 2 is 1.88 bits per heavy atom. The van der Waals surface area contributed by atoms with E-state index in [4.69, 9.17) is 5.11 Å². The lowest BCUT2D eigenvalue weighted by Crippen LogP contribution is -2.36. The zero-order valence-electron chi connectivity index (χ0n) is 10.1. The van der Waals surface area contributed by atoms with E-state index in [1.807, 2.05) is 13.8 Å². The summed E-state index contributed by atoms with van der Waals surface area (Å²) in [6, 6.07) is -0.157. The van der Waals surface area contributed by atoms with Gasteiger partial charge in [-0.15, -0.1) is 0 Å². The summed E-state index contributed by atoms with van der Waals surface area (Å²) in [7, 11) is 0. The van der Waals surface area contributed by atoms with E-state index >= 15 is 0 Å². The Labute approximate surface area is 96.6 Å². The standard InChI is InChI=1S/C11H22N2O3/c1-3-9(5-6-10(14)15)7-8-13-11(16)12-4-2/h9H,3-8H2,1-2H3,(H,14,15)(H2,12,13,16). The Balaban J connectivity index is 3.62. The van der Waals surface area contributed by atoms with Crippen LogP contribution in [0.3, 0.4) is 0 Å². The Kier molecular flexibility index (Phi) is 8.29. The predicted octanol–water partition coefficient (Wildman–Crippen LogP) is 1.59. The monoisotopic (exact) mass is 230 g/mol. The van der Waals surface area contributed by atoms with Crippen LogP contribution in [-0.2, 0) is 4.79 Å². The molecule has 0 rings (SSSR count). The van der Waals surface area contributed by atoms with Crippen molar-refractivity contribution in [3.05, 3.63) is 0 Å². The topological polar surface area (TPSA) is 78.4 Å². The zero-order valence-corrected chi connectivity index (χ0v) is 10.1. The van der Waals surface area contributed by atoms with Gasteiger partial charge in [0.1, 0.15) is 0 Å². The highest BCUT2D eigenvalue weighted by atomic mass is 16.4. The molecule has 0 aromatic carbocycles. The average Bonchev–Trinajstić information content (AvgIpc) is 2.23. The predicted molar refractivity (Wildman–Crippen MR) is 62.3 cm³/mol. The van der Waals surface area contributed by atoms with Crippen LogP contribution in [-0.4, -0.2) is 30.2 Å². The van der Waals surface area contributed by atoms with Gasteiger partial charge < -0.3 is 15.7 Å². The van der Waals surface area contributed by atoms with E-state index in [0.29, 0.717) is 25.4 Å². The molecular weight excluding hydrogens is 208 g/mol. The second-order valence-electron chi connectivity index (χ2n) is 3.78. The van der Waals surface area contributed by atoms with Gasteiger partial charge in [-0.05, 0) is 25.7 Å². The molecule has 0 aromatic heterocycles. The smallest absolute Gasteiger partial charge is 0.314 e. The molecule has 0 aliphatic heterocycles. The first kappa shape index (κ1) is 14.7. The lowest BCUT2D eigenvalue weighted by molar-refractivity contribution is -0.137. The zero-order chi connectivity index (χ0) is 12.4. The van der Waals surface area contributed by atoms with Gasteiger partial charge in [-0.1, -0.05) is 13.3 Å². The van der Waals surface area contributed by atoms with Crippen LogP contribution >= 0.6 is 0 Å². The Morgan fingerprint density at radius 3 is 2.38 bits per heavy atom. The second-order valence-corrected chi connectivity index (χ2v) is 3.78. The summed E-state index contributed by atoms with van der Waals surface area (Å²) in [6.45, 7) is 5.12. The van der Waals surface area contributed by atoms with Crippen LogP contribution in [0.1, 0.15) is 39.5 Å². The van der Waals surface area contributed by atoms with E-state index in [9.17, 15) is 9.59 Å². The number of carboxylic acid groups (broad SMARTS) is 1. The lowest BCUT2D eigenvalue weighted by Gasteiger charge is -2.14. The molecule has 0 fully saturated rings. The quantitative estimate of drug-likeness (QED) is 0.592. The number of carboxylic acids is 1. The summed E-state index contributed by atoms with van der Waals surface area (Å²) in [4.78, 5) is 21.5. The summed E-state index contributed by atoms with van der Waals surface area (Å²) < 4.78 is 0. The van der Waals surface area contributed by atoms with Crippen molar-refractivity contribution in [1.82, 2.24) is 10.6 Å². The third-order valence-corrected chi connectivity index (χ3v) is 2.52. The summed E-state index contributed by atoms with van der Waals surface area (Å²) >= 11 is 0. The molecule has 1 unspecified atom stereocenters. The fraction of sp³-hybridized carbons (Fsp3) is 0.818. The van der Waals surface area contributed by atoms with Gasteiger partial charge in [0.2, 0.25) is 0 Å². The van der Waals surface area contributed by atoms with E-state index in [0.717, 1.165) is 12.8 Å². The van der Waals surface area contributed by atoms with Crippen LogP contribution in [0.25, 0.3) is 0 Å². The number of hydrogen-bond acceptors (Lipinski definition) is 2. The summed E-state index contributed by atoms with van der Waals surface area (Å²) in [5, 5.41) is 13.9. The number of aliphatic carboxylic acids is 1. The molecule has 0 spiro atoms. The number of carbonyl (C=O) groups excluding carboxylic acids is 1. The maximum atomic E-state index is 11.1. The van der Waals surface area contributed by atoms with Crippen LogP contribution < -0.4 is 10.6 Å². The van der Waals surface area contributed by atoms with E-state index in [1.165, 1.54) is 0 Å². The van der Waals surface area contributed by atoms with E-state index in [-0.39, 0.29) is 12.5 Å². The molecule has 0 aromatic rings. The first-order valence-electron chi connectivity index (χ1n) is 5.83. The molecule has 0 bridgehead atoms. The molecule has 0 saturated carbocycles. The number of rotatable bonds is 8. The molecule has 1 atom stereocenters. The molecule has 2 amide bonds. The fourth-order valence-electron chi connectivity index (χ4n) is 1.49. The number of urea groups is 1. The molecule has 5 nitrogen and oxygen atoms in total. The van der Waals surface area contributed by atoms with Crippen LogP contribution in [0, 0.1) is 5.92 Å². The summed E-state index contributed by atoms with van der Waals surface area (Å²) in [6.07, 6.45) is 2.67. The number of hydrogen-bond donors (Lipinski definition) is 3. The first-order chi connectivity index (χ1) is 7.60. The number of nitrogens with one attached hydrogen (secondary N) is 2. The Bertz CT molecular complexity index is 219. The summed E-state index contributed by atoms with van der Waals surface area (Å²) in [5.41, 5.74) is 0. The largest absolute Gasteiger partial charge is 0.481 e. The molecule has 5 heteroatoms. The highest BCUT2D eigenvalue weighted by molar-refractivity contribution is 5.73. The minimum Gasteiger partial charge on any atom is -0.481 e. The van der Waals surface area contributed by atoms with Crippen LogP contribution in [0.2, 0.25) is 0 Å². The molecule has 0 radical (unpaired) electrons. The van der Waals surface area contributed by atoms with Crippen molar-refractivity contribution >= 4 is 12.0 Å². The first-order valence-corrected chi connectivity index (χ1v) is 5.83. The van der Waals surface area contributed by atoms with E-state index in [1.54, 1.807) is 0 Å². The third kappa shape index (κ3) is 8.08. The molecule has 0 aliphatic carbocycles. The third-order valence-electron chi connectivity index (χ3n) is 2.52. The van der Waals surface area contributed by atoms with Crippen molar-refractivity contribution in [3.8, 4) is 0 Å². The van der Waals surface area contributed by atoms with Gasteiger partial charge in [0.15, 0.2) is 0 Å². The Hall–Kier alpha value is -1.26. The fourth-order valence-corrected chi connectivity index (χ4v) is 1.49. The van der Waals surface area contributed by atoms with Gasteiger partial charge in [0, 0.05) is 19.5 Å². The van der Waals surface area contributed by atoms with Crippen molar-refractivity contribution in [2.45, 2.75) is 39.5 Å². The summed E-state index contributed by atoms with van der Waals surface area (Å²) in [5.74, 6) is -0.381. The van der Waals surface area contributed by atoms with Crippen molar-refractivity contribution in [3.63, 3.8) is 0 Å². The molecule has 94 valence electrons. The van der Waals surface area contributed by atoms with Gasteiger partial charge in [-0.3, -0.25) is 4.79 Å². The van der Waals surface area contributed by atoms with Crippen molar-refractivity contribution in [2.24, 2.45) is 5.92 Å². The maximum absolute atomic E-state index is 11.1. The molecule has 0 heterocycles. The van der Waals surface area contributed by atoms with Crippen molar-refractivity contribution in [1.29, 1.82) is 0 Å². The minimum atomic E-state index is -0.755. The molecule has 16 heavy (non-hydrogen) atoms. The number of amides is 2. The van der Waals surface area contributed by atoms with Gasteiger partial charge in [0.25, 0.3) is 0 Å². The van der Waals surface area contributed by atoms with Crippen LogP contribution in [0.5, 0.6) is 0 Å². The highest BCUT2D eigenvalue weighted by Crippen LogP contribution is 2.14. The average molecular weight is 230 g/mol. The van der Waals surface area contributed by atoms with Gasteiger partial charge in [-0.2, -0.15) is 0 Å². The van der Waals surface area contributed by atoms with Gasteiger partial charge >= 0.3 is 12.0 Å². The minimum absolute atomic E-state index is 0.157. The second kappa shape index (κ2) is 9.00. The van der Waals surface area contributed by atoms with Gasteiger partial charge in [0.05, 0.1) is 0 Å².